The zero-order chi connectivity index (χ0) is 13.0. The van der Waals surface area contributed by atoms with Crippen molar-refractivity contribution in [3.8, 4) is 18.1 Å². The molecule has 2 nitrogen and oxygen atoms in total. The summed E-state index contributed by atoms with van der Waals surface area (Å²) >= 11 is 0. The lowest BCUT2D eigenvalue weighted by atomic mass is 10.1. The zero-order valence-corrected chi connectivity index (χ0v) is 9.65. The normalized spacial score (nSPS) is 9.78. The van der Waals surface area contributed by atoms with Crippen molar-refractivity contribution in [2.24, 2.45) is 0 Å². The highest BCUT2D eigenvalue weighted by atomic mass is 19.1. The molecule has 2 rings (SSSR count). The summed E-state index contributed by atoms with van der Waals surface area (Å²) < 4.78 is 13.1. The second kappa shape index (κ2) is 5.24. The van der Waals surface area contributed by atoms with Gasteiger partial charge >= 0.3 is 0 Å². The summed E-state index contributed by atoms with van der Waals surface area (Å²) in [4.78, 5) is 0. The Balaban J connectivity index is 2.12. The van der Waals surface area contributed by atoms with Crippen LogP contribution >= 0.6 is 0 Å². The van der Waals surface area contributed by atoms with Crippen molar-refractivity contribution in [1.29, 1.82) is 0 Å². The van der Waals surface area contributed by atoms with E-state index in [0.29, 0.717) is 12.1 Å². The van der Waals surface area contributed by atoms with E-state index < -0.39 is 5.82 Å². The summed E-state index contributed by atoms with van der Waals surface area (Å²) in [5.74, 6) is 1.60. The Labute approximate surface area is 105 Å². The number of rotatable bonds is 3. The molecule has 0 fully saturated rings. The Hall–Kier alpha value is -2.47. The number of nitrogens with one attached hydrogen (secondary N) is 1. The van der Waals surface area contributed by atoms with Gasteiger partial charge in [0.15, 0.2) is 11.6 Å². The second-order valence-corrected chi connectivity index (χ2v) is 3.83. The molecular weight excluding hydrogens is 229 g/mol. The van der Waals surface area contributed by atoms with Crippen LogP contribution in [0.4, 0.5) is 10.1 Å². The molecule has 0 atom stereocenters. The lowest BCUT2D eigenvalue weighted by molar-refractivity contribution is 0.427. The maximum Gasteiger partial charge on any atom is 0.165 e. The minimum absolute atomic E-state index is 0.321. The van der Waals surface area contributed by atoms with Crippen LogP contribution < -0.4 is 5.32 Å². The quantitative estimate of drug-likeness (QED) is 0.809. The first-order chi connectivity index (χ1) is 8.70. The maximum absolute atomic E-state index is 13.1. The number of hydrogen-bond donors (Lipinski definition) is 2. The molecule has 2 aromatic carbocycles. The van der Waals surface area contributed by atoms with Crippen LogP contribution in [-0.4, -0.2) is 5.11 Å². The number of terminal acetylenes is 1. The van der Waals surface area contributed by atoms with Crippen LogP contribution in [0.15, 0.2) is 42.5 Å². The van der Waals surface area contributed by atoms with Crippen LogP contribution in [0.1, 0.15) is 11.1 Å². The molecule has 2 aromatic rings. The predicted octanol–water partition coefficient (Wildman–Crippen LogP) is 3.12. The minimum atomic E-state index is -0.619. The van der Waals surface area contributed by atoms with Crippen LogP contribution in [0.3, 0.4) is 0 Å². The van der Waals surface area contributed by atoms with E-state index in [2.05, 4.69) is 11.2 Å². The number of benzene rings is 2. The molecule has 0 heterocycles. The number of phenolic OH excluding ortho intramolecular Hbond substituents is 1. The lowest BCUT2D eigenvalue weighted by Crippen LogP contribution is -2.00. The van der Waals surface area contributed by atoms with E-state index in [0.717, 1.165) is 11.3 Å². The molecule has 0 aliphatic heterocycles. The van der Waals surface area contributed by atoms with Crippen LogP contribution in [0.25, 0.3) is 0 Å². The van der Waals surface area contributed by atoms with Gasteiger partial charge in [0.2, 0.25) is 0 Å². The van der Waals surface area contributed by atoms with E-state index in [9.17, 15) is 9.50 Å². The molecule has 0 amide bonds. The highest BCUT2D eigenvalue weighted by molar-refractivity contribution is 5.50. The summed E-state index contributed by atoms with van der Waals surface area (Å²) in [5, 5.41) is 12.6. The van der Waals surface area contributed by atoms with E-state index >= 15 is 0 Å². The molecule has 0 unspecified atom stereocenters. The van der Waals surface area contributed by atoms with Gasteiger partial charge in [-0.2, -0.15) is 0 Å². The fourth-order valence-corrected chi connectivity index (χ4v) is 1.62. The SMILES string of the molecule is C#Cc1cccc(NCc2cccc(F)c2O)c1. The first-order valence-electron chi connectivity index (χ1n) is 5.47. The molecule has 0 radical (unpaired) electrons. The number of para-hydroxylation sites is 1. The highest BCUT2D eigenvalue weighted by Crippen LogP contribution is 2.21. The van der Waals surface area contributed by atoms with Crippen molar-refractivity contribution in [2.75, 3.05) is 5.32 Å². The number of aromatic hydroxyl groups is 1. The van der Waals surface area contributed by atoms with Gasteiger partial charge < -0.3 is 10.4 Å². The fourth-order valence-electron chi connectivity index (χ4n) is 1.62. The van der Waals surface area contributed by atoms with Gasteiger partial charge in [0.25, 0.3) is 0 Å². The highest BCUT2D eigenvalue weighted by Gasteiger charge is 2.05. The van der Waals surface area contributed by atoms with Crippen molar-refractivity contribution >= 4 is 5.69 Å². The largest absolute Gasteiger partial charge is 0.505 e. The first kappa shape index (κ1) is 12.0. The summed E-state index contributed by atoms with van der Waals surface area (Å²) in [6, 6.07) is 11.8. The van der Waals surface area contributed by atoms with E-state index in [1.54, 1.807) is 12.1 Å². The average Bonchev–Trinajstić information content (AvgIpc) is 2.41. The number of anilines is 1. The molecular formula is C15H12FNO. The summed E-state index contributed by atoms with van der Waals surface area (Å²) in [6.45, 7) is 0.331. The van der Waals surface area contributed by atoms with Crippen molar-refractivity contribution < 1.29 is 9.50 Å². The number of hydrogen-bond acceptors (Lipinski definition) is 2. The third kappa shape index (κ3) is 2.61. The van der Waals surface area contributed by atoms with Crippen molar-refractivity contribution in [3.63, 3.8) is 0 Å². The third-order valence-electron chi connectivity index (χ3n) is 2.58. The molecule has 2 N–H and O–H groups in total. The molecule has 18 heavy (non-hydrogen) atoms. The van der Waals surface area contributed by atoms with Crippen LogP contribution in [-0.2, 0) is 6.54 Å². The van der Waals surface area contributed by atoms with Gasteiger partial charge in [-0.1, -0.05) is 24.1 Å². The molecule has 0 saturated heterocycles. The van der Waals surface area contributed by atoms with Crippen LogP contribution in [0.5, 0.6) is 5.75 Å². The Morgan fingerprint density at radius 1 is 1.22 bits per heavy atom. The lowest BCUT2D eigenvalue weighted by Gasteiger charge is -2.08. The third-order valence-corrected chi connectivity index (χ3v) is 2.58. The molecule has 0 spiro atoms. The van der Waals surface area contributed by atoms with E-state index in [1.807, 2.05) is 24.3 Å². The summed E-state index contributed by atoms with van der Waals surface area (Å²) in [5.41, 5.74) is 2.10. The topological polar surface area (TPSA) is 32.3 Å². The molecule has 3 heteroatoms. The predicted molar refractivity (Wildman–Crippen MR) is 69.8 cm³/mol. The van der Waals surface area contributed by atoms with Gasteiger partial charge in [-0.3, -0.25) is 0 Å². The second-order valence-electron chi connectivity index (χ2n) is 3.83. The van der Waals surface area contributed by atoms with Crippen molar-refractivity contribution in [3.05, 3.63) is 59.4 Å². The van der Waals surface area contributed by atoms with E-state index in [1.165, 1.54) is 6.07 Å². The Morgan fingerprint density at radius 3 is 2.78 bits per heavy atom. The number of halogens is 1. The summed E-state index contributed by atoms with van der Waals surface area (Å²) in [7, 11) is 0. The van der Waals surface area contributed by atoms with Crippen molar-refractivity contribution in [2.45, 2.75) is 6.54 Å². The Bertz CT molecular complexity index is 602. The van der Waals surface area contributed by atoms with Gasteiger partial charge in [0.1, 0.15) is 0 Å². The molecule has 90 valence electrons. The Kier molecular flexibility index (Phi) is 3.49. The molecule has 0 aromatic heterocycles. The minimum Gasteiger partial charge on any atom is -0.505 e. The molecule has 0 aliphatic rings. The van der Waals surface area contributed by atoms with Gasteiger partial charge in [-0.05, 0) is 24.3 Å². The monoisotopic (exact) mass is 241 g/mol. The Morgan fingerprint density at radius 2 is 2.00 bits per heavy atom. The molecule has 0 bridgehead atoms. The average molecular weight is 241 g/mol. The zero-order valence-electron chi connectivity index (χ0n) is 9.65. The molecule has 0 saturated carbocycles. The van der Waals surface area contributed by atoms with Gasteiger partial charge in [-0.25, -0.2) is 4.39 Å². The van der Waals surface area contributed by atoms with Crippen LogP contribution in [0.2, 0.25) is 0 Å². The van der Waals surface area contributed by atoms with Gasteiger partial charge in [0.05, 0.1) is 0 Å². The van der Waals surface area contributed by atoms with E-state index in [-0.39, 0.29) is 5.75 Å². The van der Waals surface area contributed by atoms with Gasteiger partial charge in [0, 0.05) is 23.4 Å². The molecule has 0 aliphatic carbocycles. The van der Waals surface area contributed by atoms with Crippen molar-refractivity contribution in [1.82, 2.24) is 0 Å². The standard InChI is InChI=1S/C15H12FNO/c1-2-11-5-3-7-13(9-11)17-10-12-6-4-8-14(16)15(12)18/h1,3-9,17-18H,10H2. The fraction of sp³-hybridized carbons (Fsp3) is 0.0667. The smallest absolute Gasteiger partial charge is 0.165 e. The van der Waals surface area contributed by atoms with Crippen LogP contribution in [0, 0.1) is 18.2 Å². The van der Waals surface area contributed by atoms with E-state index in [4.69, 9.17) is 6.42 Å². The maximum atomic E-state index is 13.1. The first-order valence-corrected chi connectivity index (χ1v) is 5.47. The van der Waals surface area contributed by atoms with Gasteiger partial charge in [-0.15, -0.1) is 6.42 Å². The number of phenols is 1. The summed E-state index contributed by atoms with van der Waals surface area (Å²) in [6.07, 6.45) is 5.30.